The molecule has 20 heteroatoms. The summed E-state index contributed by atoms with van der Waals surface area (Å²) in [5, 5.41) is 122. The first-order valence-electron chi connectivity index (χ1n) is 17.8. The fourth-order valence-electron chi connectivity index (χ4n) is 6.37. The second-order valence-corrected chi connectivity index (χ2v) is 13.9. The molecule has 308 valence electrons. The highest BCUT2D eigenvalue weighted by Gasteiger charge is 2.42. The van der Waals surface area contributed by atoms with Gasteiger partial charge in [0.25, 0.3) is 0 Å². The van der Waals surface area contributed by atoms with Gasteiger partial charge in [-0.1, -0.05) is 12.1 Å². The van der Waals surface area contributed by atoms with Gasteiger partial charge in [0.2, 0.25) is 25.2 Å². The highest BCUT2D eigenvalue weighted by molar-refractivity contribution is 5.43. The fraction of sp³-hybridized carbons (Fsp3) is 0.657. The molecule has 2 aromatic carbocycles. The van der Waals surface area contributed by atoms with Crippen LogP contribution >= 0.6 is 0 Å². The van der Waals surface area contributed by atoms with Gasteiger partial charge in [0.05, 0.1) is 26.4 Å². The minimum Gasteiger partial charge on any atom is -0.462 e. The van der Waals surface area contributed by atoms with E-state index in [1.165, 1.54) is 24.3 Å². The van der Waals surface area contributed by atoms with Crippen LogP contribution in [0.4, 0.5) is 0 Å². The van der Waals surface area contributed by atoms with Crippen molar-refractivity contribution in [3.63, 3.8) is 0 Å². The lowest BCUT2D eigenvalue weighted by molar-refractivity contribution is -0.243. The van der Waals surface area contributed by atoms with Crippen molar-refractivity contribution < 1.29 is 99.2 Å². The summed E-state index contributed by atoms with van der Waals surface area (Å²) in [5.74, 6) is 0.466. The van der Waals surface area contributed by atoms with Crippen LogP contribution in [0.15, 0.2) is 36.4 Å². The van der Waals surface area contributed by atoms with Crippen LogP contribution in [-0.2, 0) is 31.8 Å². The van der Waals surface area contributed by atoms with Crippen LogP contribution in [0.2, 0.25) is 0 Å². The third-order valence-corrected chi connectivity index (χ3v) is 9.78. The Kier molecular flexibility index (Phi) is 13.7. The SMILES string of the molecule is O[C@H]1[C@H](O)COC(Oc2ccc(CCCc3ccc(OC4OC[C@@H](O)[C@H](O)[C@H]4O)cc3OC3OC[C@@H](O)[C@H](O)[C@H]3O)c(OC3OC[C@@H](O)[C@H](O)[C@H]3O)c2)[C@@H]1O. The van der Waals surface area contributed by atoms with Crippen LogP contribution in [0, 0.1) is 0 Å². The minimum absolute atomic E-state index is 0.107. The zero-order chi connectivity index (χ0) is 39.6. The smallest absolute Gasteiger partial charge is 0.228 e. The summed E-state index contributed by atoms with van der Waals surface area (Å²) in [4.78, 5) is 0. The highest BCUT2D eigenvalue weighted by Crippen LogP contribution is 2.34. The molecule has 4 aliphatic heterocycles. The third-order valence-electron chi connectivity index (χ3n) is 9.78. The zero-order valence-electron chi connectivity index (χ0n) is 29.3. The van der Waals surface area contributed by atoms with Gasteiger partial charge in [0.1, 0.15) is 96.2 Å². The molecule has 0 saturated carbocycles. The molecule has 4 aliphatic rings. The predicted molar refractivity (Wildman–Crippen MR) is 178 cm³/mol. The van der Waals surface area contributed by atoms with Crippen LogP contribution in [0.5, 0.6) is 23.0 Å². The van der Waals surface area contributed by atoms with E-state index >= 15 is 0 Å². The second-order valence-electron chi connectivity index (χ2n) is 13.9. The normalized spacial score (nSPS) is 39.6. The van der Waals surface area contributed by atoms with Crippen LogP contribution in [0.3, 0.4) is 0 Å². The summed E-state index contributed by atoms with van der Waals surface area (Å²) in [6.07, 6.45) is -22.5. The van der Waals surface area contributed by atoms with E-state index in [9.17, 15) is 61.3 Å². The van der Waals surface area contributed by atoms with Gasteiger partial charge in [-0.25, -0.2) is 0 Å². The Hall–Kier alpha value is -3.00. The van der Waals surface area contributed by atoms with E-state index in [-0.39, 0.29) is 49.4 Å². The maximum atomic E-state index is 10.6. The number of aliphatic hydroxyl groups excluding tert-OH is 12. The summed E-state index contributed by atoms with van der Waals surface area (Å²) >= 11 is 0. The van der Waals surface area contributed by atoms with Gasteiger partial charge < -0.3 is 99.2 Å². The molecule has 0 aromatic heterocycles. The zero-order valence-corrected chi connectivity index (χ0v) is 29.3. The molecule has 0 aliphatic carbocycles. The number of rotatable bonds is 12. The molecule has 0 amide bonds. The van der Waals surface area contributed by atoms with Crippen LogP contribution in [0.1, 0.15) is 17.5 Å². The van der Waals surface area contributed by atoms with E-state index in [4.69, 9.17) is 37.9 Å². The van der Waals surface area contributed by atoms with Crippen molar-refractivity contribution in [2.24, 2.45) is 0 Å². The van der Waals surface area contributed by atoms with Gasteiger partial charge >= 0.3 is 0 Å². The summed E-state index contributed by atoms with van der Waals surface area (Å²) in [6, 6.07) is 9.14. The van der Waals surface area contributed by atoms with Gasteiger partial charge in [-0.2, -0.15) is 0 Å². The molecule has 2 aromatic rings. The van der Waals surface area contributed by atoms with Gasteiger partial charge in [-0.3, -0.25) is 0 Å². The molecule has 4 heterocycles. The Morgan fingerprint density at radius 1 is 0.400 bits per heavy atom. The van der Waals surface area contributed by atoms with Crippen molar-refractivity contribution in [3.8, 4) is 23.0 Å². The quantitative estimate of drug-likeness (QED) is 0.0959. The molecule has 4 unspecified atom stereocenters. The third kappa shape index (κ3) is 9.59. The van der Waals surface area contributed by atoms with E-state index < -0.39 is 98.4 Å². The molecule has 12 N–H and O–H groups in total. The van der Waals surface area contributed by atoms with Gasteiger partial charge in [0, 0.05) is 12.1 Å². The standard InChI is InChI=1S/C35H48O20/c36-18-10-48-32(28(44)24(18)40)52-16-6-4-14(22(8-16)54-34-30(46)26(42)20(38)12-50-34)2-1-3-15-5-7-17(53-33-29(45)25(41)19(37)11-49-33)9-23(15)55-35-31(47)27(43)21(39)13-51-35/h4-9,18-21,24-47H,1-3,10-13H2/t18-,19-,20-,21-,24+,25+,26+,27+,28-,29-,30-,31-,32?,33?,34?,35?/m1/s1. The van der Waals surface area contributed by atoms with Crippen LogP contribution < -0.4 is 18.9 Å². The number of ether oxygens (including phenoxy) is 8. The average Bonchev–Trinajstić information content (AvgIpc) is 3.17. The molecule has 4 saturated heterocycles. The number of aliphatic hydroxyl groups is 12. The first-order chi connectivity index (χ1) is 26.2. The number of benzene rings is 2. The molecule has 0 bridgehead atoms. The van der Waals surface area contributed by atoms with E-state index in [2.05, 4.69) is 0 Å². The Labute approximate surface area is 313 Å². The van der Waals surface area contributed by atoms with Crippen LogP contribution in [0.25, 0.3) is 0 Å². The molecule has 4 fully saturated rings. The monoisotopic (exact) mass is 788 g/mol. The van der Waals surface area contributed by atoms with Crippen molar-refractivity contribution in [2.45, 2.75) is 118 Å². The molecule has 0 radical (unpaired) electrons. The Balaban J connectivity index is 1.20. The van der Waals surface area contributed by atoms with E-state index in [1.807, 2.05) is 0 Å². The summed E-state index contributed by atoms with van der Waals surface area (Å²) < 4.78 is 45.0. The van der Waals surface area contributed by atoms with Crippen molar-refractivity contribution in [1.82, 2.24) is 0 Å². The van der Waals surface area contributed by atoms with Crippen molar-refractivity contribution in [2.75, 3.05) is 26.4 Å². The van der Waals surface area contributed by atoms with Crippen molar-refractivity contribution in [3.05, 3.63) is 47.5 Å². The second kappa shape index (κ2) is 18.1. The maximum Gasteiger partial charge on any atom is 0.228 e. The Bertz CT molecular complexity index is 1440. The highest BCUT2D eigenvalue weighted by atomic mass is 16.7. The fourth-order valence-corrected chi connectivity index (χ4v) is 6.37. The largest absolute Gasteiger partial charge is 0.462 e. The van der Waals surface area contributed by atoms with Gasteiger partial charge in [-0.05, 0) is 42.5 Å². The lowest BCUT2D eigenvalue weighted by Gasteiger charge is -2.36. The molecule has 16 atom stereocenters. The number of aryl methyl sites for hydroxylation is 2. The lowest BCUT2D eigenvalue weighted by atomic mass is 10.0. The van der Waals surface area contributed by atoms with Gasteiger partial charge in [-0.15, -0.1) is 0 Å². The molecule has 6 rings (SSSR count). The van der Waals surface area contributed by atoms with Crippen LogP contribution in [-0.4, -0.2) is 186 Å². The summed E-state index contributed by atoms with van der Waals surface area (Å²) in [7, 11) is 0. The Morgan fingerprint density at radius 2 is 0.691 bits per heavy atom. The maximum absolute atomic E-state index is 10.6. The first-order valence-corrected chi connectivity index (χ1v) is 17.8. The topological polar surface area (TPSA) is 317 Å². The van der Waals surface area contributed by atoms with E-state index in [1.54, 1.807) is 12.1 Å². The predicted octanol–water partition coefficient (Wildman–Crippen LogP) is -4.87. The van der Waals surface area contributed by atoms with Gasteiger partial charge in [0.15, 0.2) is 0 Å². The van der Waals surface area contributed by atoms with Crippen molar-refractivity contribution >= 4 is 0 Å². The molecule has 20 nitrogen and oxygen atoms in total. The molecule has 55 heavy (non-hydrogen) atoms. The van der Waals surface area contributed by atoms with Crippen molar-refractivity contribution in [1.29, 1.82) is 0 Å². The number of hydrogen-bond acceptors (Lipinski definition) is 20. The first kappa shape index (κ1) is 41.6. The average molecular weight is 789 g/mol. The minimum atomic E-state index is -1.63. The molecule has 0 spiro atoms. The summed E-state index contributed by atoms with van der Waals surface area (Å²) in [5.41, 5.74) is 1.11. The number of hydrogen-bond donors (Lipinski definition) is 12. The molecular weight excluding hydrogens is 740 g/mol. The molecular formula is C35H48O20. The van der Waals surface area contributed by atoms with E-state index in [0.29, 0.717) is 30.4 Å². The lowest BCUT2D eigenvalue weighted by Crippen LogP contribution is -2.55. The van der Waals surface area contributed by atoms with E-state index in [0.717, 1.165) is 0 Å². The Morgan fingerprint density at radius 3 is 1.00 bits per heavy atom. The summed E-state index contributed by atoms with van der Waals surface area (Å²) in [6.45, 7) is -1.27.